The van der Waals surface area contributed by atoms with Crippen LogP contribution in [0.1, 0.15) is 213 Å². The summed E-state index contributed by atoms with van der Waals surface area (Å²) in [5.74, 6) is -6.55. The van der Waals surface area contributed by atoms with Crippen molar-refractivity contribution in [3.8, 4) is 0 Å². The van der Waals surface area contributed by atoms with Gasteiger partial charge in [-0.15, -0.1) is 0 Å². The number of amides is 10. The Balaban J connectivity index is 3.36. The molecule has 12 N–H and O–H groups in total. The van der Waals surface area contributed by atoms with Gasteiger partial charge in [0.15, 0.2) is 0 Å². The molecular weight excluding hydrogens is 1110 g/mol. The van der Waals surface area contributed by atoms with Crippen LogP contribution in [-0.4, -0.2) is 172 Å². The number of nitrogens with one attached hydrogen (secondary N) is 10. The maximum atomic E-state index is 14.5. The number of carbonyl (C=O) groups excluding carboxylic acids is 11. The van der Waals surface area contributed by atoms with Crippen molar-refractivity contribution in [2.75, 3.05) is 32.8 Å². The van der Waals surface area contributed by atoms with E-state index >= 15 is 0 Å². The van der Waals surface area contributed by atoms with Crippen LogP contribution in [0.2, 0.25) is 0 Å². The SMILES string of the molecule is CCCCCCC(C)C[C@@H](NC(=O)C(C)NC(=O)C(C)(C)NC(=O)[C@H](CC(C)CC(O)CC(=O)CC)NC(=O)[C@@H]1CCCN1C(=O)CCC)C(=O)N[C@@H](CC(C)C)C(=O)NC(C)(C)C(=O)N[C@@H](CC(C)C)C(=O)NCCC(=O)NC(C)CNCCO. The summed E-state index contributed by atoms with van der Waals surface area (Å²) in [4.78, 5) is 152. The summed E-state index contributed by atoms with van der Waals surface area (Å²) in [6.45, 7) is 27.1. The second-order valence-corrected chi connectivity index (χ2v) is 25.8. The highest BCUT2D eigenvalue weighted by Gasteiger charge is 2.40. The van der Waals surface area contributed by atoms with Crippen molar-refractivity contribution in [3.05, 3.63) is 0 Å². The Hall–Kier alpha value is -5.75. The normalized spacial score (nSPS) is 16.7. The lowest BCUT2D eigenvalue weighted by atomic mass is 9.92. The molecule has 0 radical (unpaired) electrons. The first-order chi connectivity index (χ1) is 40.2. The Kier molecular flexibility index (Phi) is 36.3. The Bertz CT molecular complexity index is 2190. The molecule has 0 aromatic rings. The van der Waals surface area contributed by atoms with E-state index in [0.717, 1.165) is 32.1 Å². The van der Waals surface area contributed by atoms with Gasteiger partial charge in [-0.2, -0.15) is 0 Å². The second kappa shape index (κ2) is 39.9. The molecule has 1 fully saturated rings. The molecule has 494 valence electrons. The van der Waals surface area contributed by atoms with E-state index in [1.807, 2.05) is 41.5 Å². The van der Waals surface area contributed by atoms with Gasteiger partial charge < -0.3 is 68.3 Å². The number of aliphatic hydroxyl groups is 2. The summed E-state index contributed by atoms with van der Waals surface area (Å²) < 4.78 is 0. The highest BCUT2D eigenvalue weighted by atomic mass is 16.3. The largest absolute Gasteiger partial charge is 0.395 e. The number of carbonyl (C=O) groups is 11. The van der Waals surface area contributed by atoms with Crippen molar-refractivity contribution < 1.29 is 63.0 Å². The lowest BCUT2D eigenvalue weighted by Crippen LogP contribution is -2.63. The van der Waals surface area contributed by atoms with Gasteiger partial charge in [0.2, 0.25) is 59.1 Å². The van der Waals surface area contributed by atoms with Crippen molar-refractivity contribution in [2.45, 2.75) is 272 Å². The van der Waals surface area contributed by atoms with Gasteiger partial charge in [-0.05, 0) is 117 Å². The highest BCUT2D eigenvalue weighted by Crippen LogP contribution is 2.23. The Morgan fingerprint density at radius 2 is 1.12 bits per heavy atom. The molecule has 1 aliphatic heterocycles. The van der Waals surface area contributed by atoms with E-state index < -0.39 is 101 Å². The van der Waals surface area contributed by atoms with Gasteiger partial charge >= 0.3 is 0 Å². The molecule has 10 atom stereocenters. The van der Waals surface area contributed by atoms with Crippen LogP contribution in [0.4, 0.5) is 0 Å². The molecule has 24 nitrogen and oxygen atoms in total. The summed E-state index contributed by atoms with van der Waals surface area (Å²) in [5, 5.41) is 47.6. The third-order valence-electron chi connectivity index (χ3n) is 15.2. The van der Waals surface area contributed by atoms with Gasteiger partial charge in [0.05, 0.1) is 12.7 Å². The minimum absolute atomic E-state index is 0.00215. The molecule has 0 aromatic carbocycles. The van der Waals surface area contributed by atoms with Gasteiger partial charge in [0.25, 0.3) is 0 Å². The smallest absolute Gasteiger partial charge is 0.245 e. The van der Waals surface area contributed by atoms with E-state index in [0.29, 0.717) is 38.9 Å². The lowest BCUT2D eigenvalue weighted by molar-refractivity contribution is -0.140. The van der Waals surface area contributed by atoms with Crippen molar-refractivity contribution in [1.82, 2.24) is 58.1 Å². The van der Waals surface area contributed by atoms with Crippen molar-refractivity contribution in [1.29, 1.82) is 0 Å². The summed E-state index contributed by atoms with van der Waals surface area (Å²) in [5.41, 5.74) is -3.29. The van der Waals surface area contributed by atoms with Crippen LogP contribution in [0.5, 0.6) is 0 Å². The predicted octanol–water partition coefficient (Wildman–Crippen LogP) is 2.84. The van der Waals surface area contributed by atoms with Gasteiger partial charge in [-0.25, -0.2) is 0 Å². The number of nitrogens with zero attached hydrogens (tertiary/aromatic N) is 1. The summed E-state index contributed by atoms with van der Waals surface area (Å²) >= 11 is 0. The number of aliphatic hydroxyl groups excluding tert-OH is 2. The zero-order chi connectivity index (χ0) is 65.5. The van der Waals surface area contributed by atoms with Crippen molar-refractivity contribution >= 4 is 64.9 Å². The van der Waals surface area contributed by atoms with Gasteiger partial charge in [-0.3, -0.25) is 52.7 Å². The van der Waals surface area contributed by atoms with E-state index in [9.17, 15) is 57.8 Å². The third kappa shape index (κ3) is 30.2. The fourth-order valence-corrected chi connectivity index (χ4v) is 10.2. The molecular formula is C62H113N11O13. The molecule has 10 amide bonds. The number of hydrogen-bond acceptors (Lipinski definition) is 14. The van der Waals surface area contributed by atoms with Gasteiger partial charge in [0.1, 0.15) is 53.1 Å². The molecule has 1 saturated heterocycles. The minimum atomic E-state index is -1.69. The number of likely N-dealkylation sites (tertiary alicyclic amines) is 1. The summed E-state index contributed by atoms with van der Waals surface area (Å²) in [6.07, 6.45) is 6.40. The van der Waals surface area contributed by atoms with Gasteiger partial charge in [0, 0.05) is 57.9 Å². The van der Waals surface area contributed by atoms with Crippen LogP contribution < -0.4 is 53.2 Å². The molecule has 0 bridgehead atoms. The van der Waals surface area contributed by atoms with Crippen LogP contribution in [0.3, 0.4) is 0 Å². The molecule has 0 spiro atoms. The standard InChI is InChI=1S/C62H113N11O13/c1-16-19-20-21-24-40(8)34-48(55(81)68-47(32-39(6)7)56(82)71-62(14,15)60(86)70-46(31-38(4)5)54(80)64-27-26-51(77)65-42(10)37-63-28-30-74)67-53(79)43(11)66-59(85)61(12,13)72-57(83)49(35-41(9)33-45(76)36-44(75)18-3)69-58(84)50-25-22-29-73(50)52(78)23-17-2/h38-43,45-50,63,74,76H,16-37H2,1-15H3,(H,64,80)(H,65,77)(H,66,85)(H,67,79)(H,68,81)(H,69,84)(H,70,86)(H,71,82)(H,72,83)/t40?,41?,42?,43?,45?,46-,47-,48+,49-,50-/m0/s1. The molecule has 1 rings (SSSR count). The first-order valence-corrected chi connectivity index (χ1v) is 31.8. The van der Waals surface area contributed by atoms with Crippen LogP contribution in [0.25, 0.3) is 0 Å². The minimum Gasteiger partial charge on any atom is -0.395 e. The topological polar surface area (TPSA) is 352 Å². The van der Waals surface area contributed by atoms with E-state index in [4.69, 9.17) is 5.11 Å². The molecule has 86 heavy (non-hydrogen) atoms. The number of hydrogen-bond donors (Lipinski definition) is 12. The Morgan fingerprint density at radius 3 is 1.67 bits per heavy atom. The predicted molar refractivity (Wildman–Crippen MR) is 330 cm³/mol. The zero-order valence-electron chi connectivity index (χ0n) is 54.8. The molecule has 0 saturated carbocycles. The molecule has 1 aliphatic rings. The highest BCUT2D eigenvalue weighted by molar-refractivity contribution is 5.99. The first-order valence-electron chi connectivity index (χ1n) is 31.8. The van der Waals surface area contributed by atoms with Crippen LogP contribution in [0.15, 0.2) is 0 Å². The van der Waals surface area contributed by atoms with E-state index in [1.165, 1.54) is 39.5 Å². The first kappa shape index (κ1) is 78.3. The summed E-state index contributed by atoms with van der Waals surface area (Å²) in [6, 6.07) is -6.90. The number of unbranched alkanes of at least 4 members (excludes halogenated alkanes) is 3. The monoisotopic (exact) mass is 1220 g/mol. The molecule has 24 heteroatoms. The second-order valence-electron chi connectivity index (χ2n) is 25.8. The Labute approximate surface area is 513 Å². The van der Waals surface area contributed by atoms with Crippen LogP contribution in [0, 0.1) is 23.7 Å². The summed E-state index contributed by atoms with van der Waals surface area (Å²) in [7, 11) is 0. The van der Waals surface area contributed by atoms with Gasteiger partial charge in [-0.1, -0.05) is 94.4 Å². The molecule has 0 aromatic heterocycles. The fourth-order valence-electron chi connectivity index (χ4n) is 10.2. The van der Waals surface area contributed by atoms with E-state index in [2.05, 4.69) is 60.1 Å². The zero-order valence-corrected chi connectivity index (χ0v) is 54.8. The maximum absolute atomic E-state index is 14.5. The number of rotatable bonds is 43. The third-order valence-corrected chi connectivity index (χ3v) is 15.2. The average molecular weight is 1220 g/mol. The molecule has 0 aliphatic carbocycles. The quantitative estimate of drug-likeness (QED) is 0.0391. The van der Waals surface area contributed by atoms with Crippen molar-refractivity contribution in [2.24, 2.45) is 23.7 Å². The Morgan fingerprint density at radius 1 is 0.570 bits per heavy atom. The fraction of sp³-hybridized carbons (Fsp3) is 0.823. The van der Waals surface area contributed by atoms with Crippen LogP contribution in [-0.2, 0) is 52.7 Å². The van der Waals surface area contributed by atoms with E-state index in [-0.39, 0.29) is 118 Å². The molecule has 5 unspecified atom stereocenters. The van der Waals surface area contributed by atoms with Crippen molar-refractivity contribution in [3.63, 3.8) is 0 Å². The maximum Gasteiger partial charge on any atom is 0.245 e. The number of ketones is 1. The molecule has 1 heterocycles. The van der Waals surface area contributed by atoms with Crippen LogP contribution >= 0.6 is 0 Å². The van der Waals surface area contributed by atoms with E-state index in [1.54, 1.807) is 20.8 Å². The average Bonchev–Trinajstić information content (AvgIpc) is 2.80. The lowest BCUT2D eigenvalue weighted by Gasteiger charge is -2.32. The number of Topliss-reactive ketones (excluding diaryl/α,β-unsaturated/α-hetero) is 1.